The van der Waals surface area contributed by atoms with Gasteiger partial charge in [0.25, 0.3) is 0 Å². The van der Waals surface area contributed by atoms with Crippen LogP contribution in [0.4, 0.5) is 0 Å². The minimum Gasteiger partial charge on any atom is -0.490 e. The van der Waals surface area contributed by atoms with Crippen LogP contribution in [0.25, 0.3) is 0 Å². The van der Waals surface area contributed by atoms with E-state index in [2.05, 4.69) is 22.4 Å². The number of ether oxygens (including phenoxy) is 2. The van der Waals surface area contributed by atoms with Gasteiger partial charge in [0.15, 0.2) is 16.6 Å². The van der Waals surface area contributed by atoms with Gasteiger partial charge in [0.05, 0.1) is 12.8 Å². The molecule has 27 heavy (non-hydrogen) atoms. The molecule has 2 aromatic carbocycles. The predicted molar refractivity (Wildman–Crippen MR) is 115 cm³/mol. The summed E-state index contributed by atoms with van der Waals surface area (Å²) in [6, 6.07) is 13.2. The van der Waals surface area contributed by atoms with Gasteiger partial charge in [-0.05, 0) is 60.6 Å². The lowest BCUT2D eigenvalue weighted by Crippen LogP contribution is -2.31. The highest BCUT2D eigenvalue weighted by Gasteiger charge is 2.06. The number of thiocarbonyl (C=S) groups is 1. The Kier molecular flexibility index (Phi) is 8.61. The molecule has 0 aliphatic heterocycles. The fraction of sp³-hybridized carbons (Fsp3) is 0.200. The Hall–Kier alpha value is -2.57. The topological polar surface area (TPSA) is 54.9 Å². The summed E-state index contributed by atoms with van der Waals surface area (Å²) in [4.78, 5) is 0. The first-order chi connectivity index (χ1) is 13.1. The summed E-state index contributed by atoms with van der Waals surface area (Å²) >= 11 is 11.0. The maximum Gasteiger partial charge on any atom is 0.187 e. The number of hydrogen-bond acceptors (Lipinski definition) is 4. The van der Waals surface area contributed by atoms with Crippen LogP contribution in [0.5, 0.6) is 11.5 Å². The van der Waals surface area contributed by atoms with E-state index in [0.29, 0.717) is 41.4 Å². The van der Waals surface area contributed by atoms with Crippen molar-refractivity contribution in [3.05, 3.63) is 71.3 Å². The van der Waals surface area contributed by atoms with Gasteiger partial charge in [0.2, 0.25) is 0 Å². The molecule has 0 unspecified atom stereocenters. The van der Waals surface area contributed by atoms with E-state index in [1.807, 2.05) is 49.4 Å². The van der Waals surface area contributed by atoms with Crippen molar-refractivity contribution in [1.29, 1.82) is 0 Å². The molecule has 0 aliphatic carbocycles. The zero-order chi connectivity index (χ0) is 19.5. The van der Waals surface area contributed by atoms with Gasteiger partial charge in [0, 0.05) is 11.6 Å². The molecule has 0 bridgehead atoms. The second-order valence-electron chi connectivity index (χ2n) is 5.42. The first-order valence-corrected chi connectivity index (χ1v) is 9.23. The van der Waals surface area contributed by atoms with Crippen molar-refractivity contribution in [3.8, 4) is 11.5 Å². The van der Waals surface area contributed by atoms with Crippen LogP contribution >= 0.6 is 23.8 Å². The predicted octanol–water partition coefficient (Wildman–Crippen LogP) is 4.30. The summed E-state index contributed by atoms with van der Waals surface area (Å²) in [5, 5.41) is 8.16. The molecular weight excluding hydrogens is 382 g/mol. The van der Waals surface area contributed by atoms with Crippen molar-refractivity contribution in [2.24, 2.45) is 5.10 Å². The summed E-state index contributed by atoms with van der Waals surface area (Å²) in [5.74, 6) is 1.32. The van der Waals surface area contributed by atoms with Crippen molar-refractivity contribution in [2.45, 2.75) is 13.5 Å². The largest absolute Gasteiger partial charge is 0.490 e. The van der Waals surface area contributed by atoms with Gasteiger partial charge in [-0.3, -0.25) is 5.43 Å². The van der Waals surface area contributed by atoms with Crippen LogP contribution in [0.1, 0.15) is 18.1 Å². The third-order valence-corrected chi connectivity index (χ3v) is 3.85. The van der Waals surface area contributed by atoms with Crippen LogP contribution in [0.3, 0.4) is 0 Å². The lowest BCUT2D eigenvalue weighted by Gasteiger charge is -2.12. The zero-order valence-electron chi connectivity index (χ0n) is 15.1. The van der Waals surface area contributed by atoms with Gasteiger partial charge in [-0.25, -0.2) is 0 Å². The van der Waals surface area contributed by atoms with Gasteiger partial charge >= 0.3 is 0 Å². The van der Waals surface area contributed by atoms with Gasteiger partial charge in [-0.15, -0.1) is 6.58 Å². The van der Waals surface area contributed by atoms with Crippen LogP contribution in [0, 0.1) is 0 Å². The third-order valence-electron chi connectivity index (χ3n) is 3.36. The summed E-state index contributed by atoms with van der Waals surface area (Å²) in [5.41, 5.74) is 4.63. The molecule has 142 valence electrons. The van der Waals surface area contributed by atoms with E-state index in [1.54, 1.807) is 12.3 Å². The van der Waals surface area contributed by atoms with E-state index in [0.717, 1.165) is 11.1 Å². The fourth-order valence-corrected chi connectivity index (χ4v) is 2.37. The van der Waals surface area contributed by atoms with Gasteiger partial charge in [-0.2, -0.15) is 5.10 Å². The molecule has 0 aromatic heterocycles. The lowest BCUT2D eigenvalue weighted by molar-refractivity contribution is 0.269. The lowest BCUT2D eigenvalue weighted by atomic mass is 10.2. The van der Waals surface area contributed by atoms with Gasteiger partial charge < -0.3 is 14.8 Å². The Morgan fingerprint density at radius 2 is 1.96 bits per heavy atom. The average Bonchev–Trinajstić information content (AvgIpc) is 2.67. The molecule has 0 heterocycles. The van der Waals surface area contributed by atoms with Gasteiger partial charge in [0.1, 0.15) is 6.61 Å². The second kappa shape index (κ2) is 11.2. The third kappa shape index (κ3) is 7.29. The fourth-order valence-electron chi connectivity index (χ4n) is 2.10. The van der Waals surface area contributed by atoms with E-state index in [9.17, 15) is 0 Å². The Morgan fingerprint density at radius 3 is 2.67 bits per heavy atom. The van der Waals surface area contributed by atoms with Crippen molar-refractivity contribution >= 4 is 35.1 Å². The number of halogens is 1. The molecule has 0 saturated carbocycles. The molecule has 0 atom stereocenters. The SMILES string of the molecule is C=CCNC(=S)N/N=C\c1ccc(OCc2ccc(Cl)cc2)c(OCC)c1. The van der Waals surface area contributed by atoms with Crippen molar-refractivity contribution in [3.63, 3.8) is 0 Å². The van der Waals surface area contributed by atoms with E-state index in [-0.39, 0.29) is 0 Å². The first kappa shape index (κ1) is 20.7. The molecular formula is C20H22ClN3O2S. The van der Waals surface area contributed by atoms with Gasteiger partial charge in [-0.1, -0.05) is 29.8 Å². The molecule has 2 rings (SSSR count). The normalized spacial score (nSPS) is 10.4. The molecule has 0 fully saturated rings. The molecule has 0 radical (unpaired) electrons. The second-order valence-corrected chi connectivity index (χ2v) is 6.27. The summed E-state index contributed by atoms with van der Waals surface area (Å²) in [6.07, 6.45) is 3.38. The van der Waals surface area contributed by atoms with Crippen molar-refractivity contribution < 1.29 is 9.47 Å². The Labute approximate surface area is 170 Å². The maximum atomic E-state index is 5.90. The molecule has 5 nitrogen and oxygen atoms in total. The highest BCUT2D eigenvalue weighted by atomic mass is 35.5. The summed E-state index contributed by atoms with van der Waals surface area (Å²) in [6.45, 7) is 7.08. The standard InChI is InChI=1S/C20H22ClN3O2S/c1-3-11-22-20(27)24-23-13-16-7-10-18(19(12-16)25-4-2)26-14-15-5-8-17(21)9-6-15/h3,5-10,12-13H,1,4,11,14H2,2H3,(H2,22,24,27)/b23-13-. The Bertz CT molecular complexity index is 794. The molecule has 0 spiro atoms. The number of hydrazone groups is 1. The van der Waals surface area contributed by atoms with Crippen LogP contribution in [-0.4, -0.2) is 24.5 Å². The molecule has 7 heteroatoms. The highest BCUT2D eigenvalue weighted by molar-refractivity contribution is 7.80. The van der Waals surface area contributed by atoms with E-state index in [1.165, 1.54) is 0 Å². The number of rotatable bonds is 9. The molecule has 2 aromatic rings. The van der Waals surface area contributed by atoms with E-state index >= 15 is 0 Å². The molecule has 0 saturated heterocycles. The molecule has 2 N–H and O–H groups in total. The van der Waals surface area contributed by atoms with Crippen LogP contribution in [-0.2, 0) is 6.61 Å². The molecule has 0 amide bonds. The van der Waals surface area contributed by atoms with Crippen LogP contribution < -0.4 is 20.2 Å². The number of nitrogens with zero attached hydrogens (tertiary/aromatic N) is 1. The number of nitrogens with one attached hydrogen (secondary N) is 2. The molecule has 0 aliphatic rings. The average molecular weight is 404 g/mol. The quantitative estimate of drug-likeness (QED) is 0.283. The summed E-state index contributed by atoms with van der Waals surface area (Å²) in [7, 11) is 0. The first-order valence-electron chi connectivity index (χ1n) is 8.44. The monoisotopic (exact) mass is 403 g/mol. The van der Waals surface area contributed by atoms with Crippen LogP contribution in [0.2, 0.25) is 5.02 Å². The van der Waals surface area contributed by atoms with Crippen LogP contribution in [0.15, 0.2) is 60.2 Å². The summed E-state index contributed by atoms with van der Waals surface area (Å²) < 4.78 is 11.6. The Balaban J connectivity index is 2.01. The number of benzene rings is 2. The minimum absolute atomic E-state index is 0.426. The van der Waals surface area contributed by atoms with Crippen molar-refractivity contribution in [2.75, 3.05) is 13.2 Å². The smallest absolute Gasteiger partial charge is 0.187 e. The van der Waals surface area contributed by atoms with Crippen molar-refractivity contribution in [1.82, 2.24) is 10.7 Å². The van der Waals surface area contributed by atoms with E-state index in [4.69, 9.17) is 33.3 Å². The van der Waals surface area contributed by atoms with E-state index < -0.39 is 0 Å². The Morgan fingerprint density at radius 1 is 1.19 bits per heavy atom. The zero-order valence-corrected chi connectivity index (χ0v) is 16.6. The number of hydrogen-bond donors (Lipinski definition) is 2. The highest BCUT2D eigenvalue weighted by Crippen LogP contribution is 2.29. The maximum absolute atomic E-state index is 5.90. The minimum atomic E-state index is 0.426.